The number of methoxy groups -OCH3 is 1. The van der Waals surface area contributed by atoms with Crippen LogP contribution in [-0.4, -0.2) is 53.2 Å². The number of hydrogen-bond acceptors (Lipinski definition) is 4. The number of hydrogen-bond donors (Lipinski definition) is 0. The molecule has 1 unspecified atom stereocenters. The number of rotatable bonds is 3. The number of aryl methyl sites for hydroxylation is 1. The smallest absolute Gasteiger partial charge is 0.0832 e. The summed E-state index contributed by atoms with van der Waals surface area (Å²) in [4.78, 5) is 2.49. The number of piperidine rings is 1. The van der Waals surface area contributed by atoms with Crippen LogP contribution in [-0.2, 0) is 23.1 Å². The second-order valence-corrected chi connectivity index (χ2v) is 5.85. The standard InChI is InChI=1S/C14H23N3O2/c1-16-9-12(8-15-16)10-17-5-3-14(4-6-17)7-13(18-2)11-19-14/h8-9,13H,3-7,10-11H2,1-2H3. The minimum Gasteiger partial charge on any atom is -0.379 e. The van der Waals surface area contributed by atoms with Crippen molar-refractivity contribution in [3.8, 4) is 0 Å². The van der Waals surface area contributed by atoms with Crippen LogP contribution in [0, 0.1) is 0 Å². The Morgan fingerprint density at radius 3 is 2.84 bits per heavy atom. The topological polar surface area (TPSA) is 39.5 Å². The van der Waals surface area contributed by atoms with Gasteiger partial charge in [0.25, 0.3) is 0 Å². The molecule has 1 spiro atoms. The van der Waals surface area contributed by atoms with Crippen molar-refractivity contribution in [2.45, 2.75) is 37.5 Å². The van der Waals surface area contributed by atoms with Crippen molar-refractivity contribution in [3.05, 3.63) is 18.0 Å². The SMILES string of the molecule is COC1COC2(CCN(Cc3cnn(C)c3)CC2)C1. The van der Waals surface area contributed by atoms with Gasteiger partial charge < -0.3 is 9.47 Å². The monoisotopic (exact) mass is 265 g/mol. The maximum Gasteiger partial charge on any atom is 0.0832 e. The number of ether oxygens (including phenoxy) is 2. The average molecular weight is 265 g/mol. The molecule has 0 amide bonds. The molecule has 2 aliphatic rings. The molecule has 2 fully saturated rings. The predicted octanol–water partition coefficient (Wildman–Crippen LogP) is 1.19. The first-order valence-corrected chi connectivity index (χ1v) is 7.06. The lowest BCUT2D eigenvalue weighted by Crippen LogP contribution is -2.43. The Bertz CT molecular complexity index is 424. The summed E-state index contributed by atoms with van der Waals surface area (Å²) in [6.07, 6.45) is 7.64. The van der Waals surface area contributed by atoms with Crippen molar-refractivity contribution in [1.29, 1.82) is 0 Å². The van der Waals surface area contributed by atoms with Crippen LogP contribution >= 0.6 is 0 Å². The summed E-state index contributed by atoms with van der Waals surface area (Å²) >= 11 is 0. The molecule has 3 heterocycles. The van der Waals surface area contributed by atoms with E-state index < -0.39 is 0 Å². The summed E-state index contributed by atoms with van der Waals surface area (Å²) in [5.74, 6) is 0. The Morgan fingerprint density at radius 2 is 2.26 bits per heavy atom. The third kappa shape index (κ3) is 2.83. The van der Waals surface area contributed by atoms with Gasteiger partial charge in [-0.2, -0.15) is 5.10 Å². The molecular formula is C14H23N3O2. The molecule has 0 aromatic carbocycles. The van der Waals surface area contributed by atoms with E-state index in [2.05, 4.69) is 16.2 Å². The van der Waals surface area contributed by atoms with Gasteiger partial charge in [-0.1, -0.05) is 0 Å². The molecule has 2 saturated heterocycles. The predicted molar refractivity (Wildman–Crippen MR) is 71.8 cm³/mol. The first kappa shape index (κ1) is 13.1. The normalized spacial score (nSPS) is 27.2. The molecule has 0 bridgehead atoms. The largest absolute Gasteiger partial charge is 0.379 e. The molecule has 0 aliphatic carbocycles. The summed E-state index contributed by atoms with van der Waals surface area (Å²) in [7, 11) is 3.75. The zero-order valence-electron chi connectivity index (χ0n) is 11.8. The van der Waals surface area contributed by atoms with E-state index in [0.717, 1.165) is 45.5 Å². The van der Waals surface area contributed by atoms with Crippen LogP contribution in [0.4, 0.5) is 0 Å². The van der Waals surface area contributed by atoms with E-state index in [-0.39, 0.29) is 5.60 Å². The van der Waals surface area contributed by atoms with Gasteiger partial charge in [0.05, 0.1) is 24.5 Å². The fraction of sp³-hybridized carbons (Fsp3) is 0.786. The van der Waals surface area contributed by atoms with Gasteiger partial charge in [-0.15, -0.1) is 0 Å². The summed E-state index contributed by atoms with van der Waals surface area (Å²) in [5.41, 5.74) is 1.38. The lowest BCUT2D eigenvalue weighted by Gasteiger charge is -2.38. The van der Waals surface area contributed by atoms with Crippen molar-refractivity contribution in [3.63, 3.8) is 0 Å². The minimum atomic E-state index is 0.0894. The van der Waals surface area contributed by atoms with E-state index in [0.29, 0.717) is 6.10 Å². The molecule has 1 atom stereocenters. The highest BCUT2D eigenvalue weighted by Crippen LogP contribution is 2.37. The van der Waals surface area contributed by atoms with Crippen LogP contribution in [0.3, 0.4) is 0 Å². The van der Waals surface area contributed by atoms with Crippen LogP contribution in [0.2, 0.25) is 0 Å². The van der Waals surface area contributed by atoms with E-state index >= 15 is 0 Å². The zero-order valence-corrected chi connectivity index (χ0v) is 11.8. The highest BCUT2D eigenvalue weighted by atomic mass is 16.6. The molecular weight excluding hydrogens is 242 g/mol. The second kappa shape index (κ2) is 5.23. The highest BCUT2D eigenvalue weighted by molar-refractivity contribution is 5.04. The molecule has 5 nitrogen and oxygen atoms in total. The van der Waals surface area contributed by atoms with Crippen molar-refractivity contribution in [2.24, 2.45) is 7.05 Å². The lowest BCUT2D eigenvalue weighted by atomic mass is 9.88. The van der Waals surface area contributed by atoms with Gasteiger partial charge in [-0.05, 0) is 12.8 Å². The van der Waals surface area contributed by atoms with Gasteiger partial charge in [-0.3, -0.25) is 9.58 Å². The highest BCUT2D eigenvalue weighted by Gasteiger charge is 2.42. The number of nitrogens with zero attached hydrogens (tertiary/aromatic N) is 3. The van der Waals surface area contributed by atoms with Gasteiger partial charge in [0.1, 0.15) is 0 Å². The summed E-state index contributed by atoms with van der Waals surface area (Å²) < 4.78 is 13.3. The average Bonchev–Trinajstić information content (AvgIpc) is 3.00. The molecule has 19 heavy (non-hydrogen) atoms. The first-order valence-electron chi connectivity index (χ1n) is 7.06. The maximum atomic E-state index is 6.02. The molecule has 106 valence electrons. The van der Waals surface area contributed by atoms with E-state index in [1.54, 1.807) is 7.11 Å². The fourth-order valence-electron chi connectivity index (χ4n) is 3.23. The third-order valence-corrected chi connectivity index (χ3v) is 4.44. The van der Waals surface area contributed by atoms with Gasteiger partial charge in [0.2, 0.25) is 0 Å². The van der Waals surface area contributed by atoms with E-state index in [1.165, 1.54) is 5.56 Å². The quantitative estimate of drug-likeness (QED) is 0.823. The molecule has 0 N–H and O–H groups in total. The first-order chi connectivity index (χ1) is 9.19. The van der Waals surface area contributed by atoms with Gasteiger partial charge in [0.15, 0.2) is 0 Å². The molecule has 2 aliphatic heterocycles. The number of aromatic nitrogens is 2. The van der Waals surface area contributed by atoms with E-state index in [1.807, 2.05) is 17.9 Å². The van der Waals surface area contributed by atoms with E-state index in [9.17, 15) is 0 Å². The summed E-state index contributed by atoms with van der Waals surface area (Å²) in [5, 5.41) is 4.22. The van der Waals surface area contributed by atoms with E-state index in [4.69, 9.17) is 9.47 Å². The molecule has 1 aromatic heterocycles. The lowest BCUT2D eigenvalue weighted by molar-refractivity contribution is -0.0460. The Hall–Kier alpha value is -0.910. The second-order valence-electron chi connectivity index (χ2n) is 5.85. The Balaban J connectivity index is 1.52. The fourth-order valence-corrected chi connectivity index (χ4v) is 3.23. The molecule has 5 heteroatoms. The number of likely N-dealkylation sites (tertiary alicyclic amines) is 1. The van der Waals surface area contributed by atoms with Crippen LogP contribution in [0.5, 0.6) is 0 Å². The minimum absolute atomic E-state index is 0.0894. The van der Waals surface area contributed by atoms with Crippen LogP contribution in [0.15, 0.2) is 12.4 Å². The van der Waals surface area contributed by atoms with Crippen molar-refractivity contribution in [1.82, 2.24) is 14.7 Å². The summed E-state index contributed by atoms with van der Waals surface area (Å²) in [6.45, 7) is 3.97. The zero-order chi connectivity index (χ0) is 13.3. The van der Waals surface area contributed by atoms with Gasteiger partial charge in [0, 0.05) is 52.0 Å². The van der Waals surface area contributed by atoms with Gasteiger partial charge in [-0.25, -0.2) is 0 Å². The Kier molecular flexibility index (Phi) is 3.60. The molecule has 0 saturated carbocycles. The molecule has 1 aromatic rings. The van der Waals surface area contributed by atoms with Crippen LogP contribution < -0.4 is 0 Å². The summed E-state index contributed by atoms with van der Waals surface area (Å²) in [6, 6.07) is 0. The maximum absolute atomic E-state index is 6.02. The Morgan fingerprint density at radius 1 is 1.47 bits per heavy atom. The van der Waals surface area contributed by atoms with Crippen molar-refractivity contribution >= 4 is 0 Å². The third-order valence-electron chi connectivity index (χ3n) is 4.44. The van der Waals surface area contributed by atoms with Crippen molar-refractivity contribution in [2.75, 3.05) is 26.8 Å². The van der Waals surface area contributed by atoms with Crippen LogP contribution in [0.25, 0.3) is 0 Å². The van der Waals surface area contributed by atoms with Gasteiger partial charge >= 0.3 is 0 Å². The molecule has 0 radical (unpaired) electrons. The van der Waals surface area contributed by atoms with Crippen LogP contribution in [0.1, 0.15) is 24.8 Å². The Labute approximate surface area is 114 Å². The van der Waals surface area contributed by atoms with Crippen molar-refractivity contribution < 1.29 is 9.47 Å². The molecule has 3 rings (SSSR count).